The summed E-state index contributed by atoms with van der Waals surface area (Å²) in [6.07, 6.45) is 1.63. The lowest BCUT2D eigenvalue weighted by molar-refractivity contribution is 0.534. The van der Waals surface area contributed by atoms with Gasteiger partial charge in [-0.1, -0.05) is 20.8 Å². The number of nitrogens with zero attached hydrogens (tertiary/aromatic N) is 3. The van der Waals surface area contributed by atoms with E-state index in [1.165, 1.54) is 0 Å². The molecule has 0 unspecified atom stereocenters. The van der Waals surface area contributed by atoms with E-state index in [0.29, 0.717) is 6.04 Å². The van der Waals surface area contributed by atoms with Crippen LogP contribution < -0.4 is 5.32 Å². The molecule has 0 saturated carbocycles. The molecule has 0 spiro atoms. The number of hydrogen-bond donors (Lipinski definition) is 1. The van der Waals surface area contributed by atoms with Crippen molar-refractivity contribution in [2.75, 3.05) is 11.5 Å². The lowest BCUT2D eigenvalue weighted by atomic mass is 10.4. The highest BCUT2D eigenvalue weighted by atomic mass is 32.2. The summed E-state index contributed by atoms with van der Waals surface area (Å²) < 4.78 is 1.98. The Morgan fingerprint density at radius 3 is 3.00 bits per heavy atom. The van der Waals surface area contributed by atoms with Crippen LogP contribution in [0, 0.1) is 0 Å². The van der Waals surface area contributed by atoms with Crippen molar-refractivity contribution in [2.24, 2.45) is 0 Å². The standard InChI is InChI=1S/C10H20N4S/c1-4-15-6-5-14-10(12-8-13-14)7-11-9(2)3/h8-9,11H,4-7H2,1-3H3. The third kappa shape index (κ3) is 4.66. The maximum atomic E-state index is 4.25. The van der Waals surface area contributed by atoms with Gasteiger partial charge in [0.25, 0.3) is 0 Å². The van der Waals surface area contributed by atoms with Gasteiger partial charge < -0.3 is 5.32 Å². The van der Waals surface area contributed by atoms with Crippen molar-refractivity contribution in [1.29, 1.82) is 0 Å². The first-order chi connectivity index (χ1) is 7.24. The van der Waals surface area contributed by atoms with Gasteiger partial charge in [-0.15, -0.1) is 0 Å². The van der Waals surface area contributed by atoms with E-state index in [2.05, 4.69) is 36.2 Å². The van der Waals surface area contributed by atoms with Gasteiger partial charge in [0.05, 0.1) is 13.1 Å². The molecule has 0 aromatic carbocycles. The van der Waals surface area contributed by atoms with Crippen molar-refractivity contribution >= 4 is 11.8 Å². The molecule has 1 heterocycles. The molecule has 0 atom stereocenters. The number of thioether (sulfide) groups is 1. The normalized spacial score (nSPS) is 11.2. The second-order valence-electron chi connectivity index (χ2n) is 3.63. The summed E-state index contributed by atoms with van der Waals surface area (Å²) in [6, 6.07) is 0.486. The van der Waals surface area contributed by atoms with Crippen molar-refractivity contribution in [3.8, 4) is 0 Å². The van der Waals surface area contributed by atoms with Gasteiger partial charge in [0, 0.05) is 11.8 Å². The van der Waals surface area contributed by atoms with Crippen molar-refractivity contribution in [2.45, 2.75) is 39.9 Å². The fraction of sp³-hybridized carbons (Fsp3) is 0.800. The molecule has 1 aromatic heterocycles. The summed E-state index contributed by atoms with van der Waals surface area (Å²) in [6.45, 7) is 8.19. The lowest BCUT2D eigenvalue weighted by Crippen LogP contribution is -2.24. The third-order valence-electron chi connectivity index (χ3n) is 2.02. The summed E-state index contributed by atoms with van der Waals surface area (Å²) in [4.78, 5) is 4.25. The number of rotatable bonds is 7. The highest BCUT2D eigenvalue weighted by Crippen LogP contribution is 2.01. The summed E-state index contributed by atoms with van der Waals surface area (Å²) >= 11 is 1.93. The van der Waals surface area contributed by atoms with E-state index in [4.69, 9.17) is 0 Å². The van der Waals surface area contributed by atoms with Gasteiger partial charge in [0.2, 0.25) is 0 Å². The molecule has 86 valence electrons. The van der Waals surface area contributed by atoms with Gasteiger partial charge in [-0.3, -0.25) is 0 Å². The average molecular weight is 228 g/mol. The molecule has 15 heavy (non-hydrogen) atoms. The summed E-state index contributed by atoms with van der Waals surface area (Å²) in [5.74, 6) is 3.29. The van der Waals surface area contributed by atoms with E-state index in [-0.39, 0.29) is 0 Å². The minimum Gasteiger partial charge on any atom is -0.308 e. The van der Waals surface area contributed by atoms with Crippen LogP contribution >= 0.6 is 11.8 Å². The Morgan fingerprint density at radius 2 is 2.33 bits per heavy atom. The summed E-state index contributed by atoms with van der Waals surface area (Å²) in [5, 5.41) is 7.57. The van der Waals surface area contributed by atoms with Crippen LogP contribution in [0.3, 0.4) is 0 Å². The number of aromatic nitrogens is 3. The quantitative estimate of drug-likeness (QED) is 0.719. The Balaban J connectivity index is 2.39. The molecule has 0 aliphatic rings. The first kappa shape index (κ1) is 12.5. The van der Waals surface area contributed by atoms with Crippen LogP contribution in [0.15, 0.2) is 6.33 Å². The van der Waals surface area contributed by atoms with Gasteiger partial charge in [-0.25, -0.2) is 9.67 Å². The predicted octanol–water partition coefficient (Wildman–Crippen LogP) is 1.53. The zero-order valence-electron chi connectivity index (χ0n) is 9.73. The minimum atomic E-state index is 0.486. The highest BCUT2D eigenvalue weighted by molar-refractivity contribution is 7.99. The van der Waals surface area contributed by atoms with Gasteiger partial charge in [0.15, 0.2) is 0 Å². The van der Waals surface area contributed by atoms with Crippen molar-refractivity contribution in [3.05, 3.63) is 12.2 Å². The fourth-order valence-corrected chi connectivity index (χ4v) is 1.79. The van der Waals surface area contributed by atoms with Crippen molar-refractivity contribution in [3.63, 3.8) is 0 Å². The second kappa shape index (κ2) is 6.85. The molecular weight excluding hydrogens is 208 g/mol. The summed E-state index contributed by atoms with van der Waals surface area (Å²) in [5.41, 5.74) is 0. The van der Waals surface area contributed by atoms with Gasteiger partial charge in [-0.05, 0) is 5.75 Å². The molecule has 0 aliphatic carbocycles. The smallest absolute Gasteiger partial charge is 0.140 e. The van der Waals surface area contributed by atoms with Gasteiger partial charge >= 0.3 is 0 Å². The Bertz CT molecular complexity index is 272. The predicted molar refractivity (Wildman–Crippen MR) is 65.0 cm³/mol. The van der Waals surface area contributed by atoms with E-state index >= 15 is 0 Å². The largest absolute Gasteiger partial charge is 0.308 e. The van der Waals surface area contributed by atoms with Gasteiger partial charge in [0.1, 0.15) is 12.2 Å². The van der Waals surface area contributed by atoms with Crippen LogP contribution in [0.5, 0.6) is 0 Å². The number of nitrogens with one attached hydrogen (secondary N) is 1. The molecular formula is C10H20N4S. The maximum Gasteiger partial charge on any atom is 0.140 e. The first-order valence-corrected chi connectivity index (χ1v) is 6.57. The molecule has 1 aromatic rings. The third-order valence-corrected chi connectivity index (χ3v) is 2.90. The summed E-state index contributed by atoms with van der Waals surface area (Å²) in [7, 11) is 0. The SMILES string of the molecule is CCSCCn1ncnc1CNC(C)C. The molecule has 4 nitrogen and oxygen atoms in total. The molecule has 0 amide bonds. The van der Waals surface area contributed by atoms with Crippen molar-refractivity contribution < 1.29 is 0 Å². The molecule has 0 radical (unpaired) electrons. The topological polar surface area (TPSA) is 42.7 Å². The van der Waals surface area contributed by atoms with Crippen molar-refractivity contribution in [1.82, 2.24) is 20.1 Å². The molecule has 0 aliphatic heterocycles. The van der Waals surface area contributed by atoms with E-state index < -0.39 is 0 Å². The van der Waals surface area contributed by atoms with Crippen LogP contribution in [-0.4, -0.2) is 32.3 Å². The van der Waals surface area contributed by atoms with E-state index in [1.807, 2.05) is 16.4 Å². The molecule has 1 N–H and O–H groups in total. The van der Waals surface area contributed by atoms with Gasteiger partial charge in [-0.2, -0.15) is 16.9 Å². The Kier molecular flexibility index (Phi) is 5.71. The second-order valence-corrected chi connectivity index (χ2v) is 5.03. The van der Waals surface area contributed by atoms with Crippen LogP contribution in [-0.2, 0) is 13.1 Å². The Labute approximate surface area is 95.9 Å². The number of hydrogen-bond acceptors (Lipinski definition) is 4. The van der Waals surface area contributed by atoms with Crippen LogP contribution in [0.1, 0.15) is 26.6 Å². The van der Waals surface area contributed by atoms with Crippen LogP contribution in [0.25, 0.3) is 0 Å². The van der Waals surface area contributed by atoms with E-state index in [9.17, 15) is 0 Å². The molecule has 0 saturated heterocycles. The van der Waals surface area contributed by atoms with E-state index in [1.54, 1.807) is 6.33 Å². The van der Waals surface area contributed by atoms with E-state index in [0.717, 1.165) is 30.4 Å². The number of aryl methyl sites for hydroxylation is 1. The molecule has 1 rings (SSSR count). The van der Waals surface area contributed by atoms with Crippen LogP contribution in [0.2, 0.25) is 0 Å². The average Bonchev–Trinajstić information content (AvgIpc) is 2.63. The Morgan fingerprint density at radius 1 is 1.53 bits per heavy atom. The zero-order valence-corrected chi connectivity index (χ0v) is 10.5. The zero-order chi connectivity index (χ0) is 11.1. The monoisotopic (exact) mass is 228 g/mol. The highest BCUT2D eigenvalue weighted by Gasteiger charge is 2.03. The van der Waals surface area contributed by atoms with Crippen LogP contribution in [0.4, 0.5) is 0 Å². The fourth-order valence-electron chi connectivity index (χ4n) is 1.20. The Hall–Kier alpha value is -0.550. The molecule has 5 heteroatoms. The first-order valence-electron chi connectivity index (χ1n) is 5.41. The minimum absolute atomic E-state index is 0.486. The molecule has 0 fully saturated rings. The lowest BCUT2D eigenvalue weighted by Gasteiger charge is -2.08. The molecule has 0 bridgehead atoms. The maximum absolute atomic E-state index is 4.25.